The van der Waals surface area contributed by atoms with E-state index in [9.17, 15) is 9.18 Å². The van der Waals surface area contributed by atoms with Crippen molar-refractivity contribution >= 4 is 5.91 Å². The van der Waals surface area contributed by atoms with Gasteiger partial charge in [-0.2, -0.15) is 0 Å². The van der Waals surface area contributed by atoms with Crippen LogP contribution in [0.15, 0.2) is 18.2 Å². The maximum atomic E-state index is 13.8. The van der Waals surface area contributed by atoms with Gasteiger partial charge in [0.25, 0.3) is 5.91 Å². The first-order chi connectivity index (χ1) is 9.65. The van der Waals surface area contributed by atoms with Gasteiger partial charge in [0.05, 0.1) is 5.56 Å². The molecular weight excluding hydrogens is 257 g/mol. The fourth-order valence-corrected chi connectivity index (χ4v) is 2.80. The van der Waals surface area contributed by atoms with E-state index in [1.54, 1.807) is 17.0 Å². The van der Waals surface area contributed by atoms with Gasteiger partial charge in [-0.05, 0) is 19.1 Å². The zero-order valence-electron chi connectivity index (χ0n) is 11.7. The Morgan fingerprint density at radius 2 is 1.95 bits per heavy atom. The van der Waals surface area contributed by atoms with Crippen molar-refractivity contribution in [2.45, 2.75) is 13.0 Å². The van der Waals surface area contributed by atoms with Crippen LogP contribution >= 0.6 is 0 Å². The molecule has 0 aliphatic carbocycles. The maximum Gasteiger partial charge on any atom is 0.256 e. The van der Waals surface area contributed by atoms with E-state index in [1.807, 2.05) is 6.92 Å². The van der Waals surface area contributed by atoms with Gasteiger partial charge in [0.2, 0.25) is 0 Å². The SMILES string of the molecule is Cc1ccc(F)c(C(=O)N2CCN(C3CNC3)CC2)c1. The molecule has 2 saturated heterocycles. The first kappa shape index (κ1) is 13.5. The topological polar surface area (TPSA) is 35.6 Å². The third-order valence-electron chi connectivity index (χ3n) is 4.23. The van der Waals surface area contributed by atoms with Crippen LogP contribution in [0, 0.1) is 12.7 Å². The molecule has 0 spiro atoms. The Morgan fingerprint density at radius 3 is 2.55 bits per heavy atom. The number of aryl methyl sites for hydroxylation is 1. The molecule has 20 heavy (non-hydrogen) atoms. The fourth-order valence-electron chi connectivity index (χ4n) is 2.80. The number of halogens is 1. The Kier molecular flexibility index (Phi) is 3.72. The molecule has 2 aliphatic rings. The Morgan fingerprint density at radius 1 is 1.25 bits per heavy atom. The minimum atomic E-state index is -0.425. The predicted molar refractivity (Wildman–Crippen MR) is 75.3 cm³/mol. The van der Waals surface area contributed by atoms with Crippen molar-refractivity contribution in [2.24, 2.45) is 0 Å². The number of rotatable bonds is 2. The predicted octanol–water partition coefficient (Wildman–Crippen LogP) is 0.864. The molecule has 2 aliphatic heterocycles. The quantitative estimate of drug-likeness (QED) is 0.871. The zero-order chi connectivity index (χ0) is 14.1. The van der Waals surface area contributed by atoms with Crippen molar-refractivity contribution < 1.29 is 9.18 Å². The van der Waals surface area contributed by atoms with Gasteiger partial charge in [-0.25, -0.2) is 4.39 Å². The van der Waals surface area contributed by atoms with Crippen molar-refractivity contribution in [3.63, 3.8) is 0 Å². The molecule has 1 aromatic rings. The molecule has 2 fully saturated rings. The van der Waals surface area contributed by atoms with Gasteiger partial charge in [0.1, 0.15) is 5.82 Å². The van der Waals surface area contributed by atoms with Crippen LogP contribution in [0.4, 0.5) is 4.39 Å². The van der Waals surface area contributed by atoms with Crippen LogP contribution in [0.5, 0.6) is 0 Å². The van der Waals surface area contributed by atoms with E-state index in [0.717, 1.165) is 31.7 Å². The standard InChI is InChI=1S/C15H20FN3O/c1-11-2-3-14(16)13(8-11)15(20)19-6-4-18(5-7-19)12-9-17-10-12/h2-3,8,12,17H,4-7,9-10H2,1H3. The fraction of sp³-hybridized carbons (Fsp3) is 0.533. The van der Waals surface area contributed by atoms with Gasteiger partial charge in [0.15, 0.2) is 0 Å². The van der Waals surface area contributed by atoms with Crippen LogP contribution in [0.1, 0.15) is 15.9 Å². The van der Waals surface area contributed by atoms with Crippen LogP contribution in [-0.2, 0) is 0 Å². The second kappa shape index (κ2) is 5.50. The molecule has 0 radical (unpaired) electrons. The van der Waals surface area contributed by atoms with Gasteiger partial charge in [-0.1, -0.05) is 11.6 Å². The van der Waals surface area contributed by atoms with Gasteiger partial charge < -0.3 is 10.2 Å². The summed E-state index contributed by atoms with van der Waals surface area (Å²) >= 11 is 0. The van der Waals surface area contributed by atoms with E-state index in [4.69, 9.17) is 0 Å². The van der Waals surface area contributed by atoms with E-state index in [1.165, 1.54) is 6.07 Å². The number of carbonyl (C=O) groups is 1. The monoisotopic (exact) mass is 277 g/mol. The molecule has 2 heterocycles. The molecule has 3 rings (SSSR count). The lowest BCUT2D eigenvalue weighted by Gasteiger charge is -2.43. The minimum Gasteiger partial charge on any atom is -0.336 e. The van der Waals surface area contributed by atoms with E-state index in [-0.39, 0.29) is 11.5 Å². The maximum absolute atomic E-state index is 13.8. The molecule has 0 saturated carbocycles. The summed E-state index contributed by atoms with van der Waals surface area (Å²) in [5, 5.41) is 3.26. The van der Waals surface area contributed by atoms with Crippen molar-refractivity contribution in [3.05, 3.63) is 35.1 Å². The number of amides is 1. The zero-order valence-corrected chi connectivity index (χ0v) is 11.7. The van der Waals surface area contributed by atoms with Crippen molar-refractivity contribution in [2.75, 3.05) is 39.3 Å². The highest BCUT2D eigenvalue weighted by Crippen LogP contribution is 2.16. The van der Waals surface area contributed by atoms with Crippen molar-refractivity contribution in [1.82, 2.24) is 15.1 Å². The average molecular weight is 277 g/mol. The lowest BCUT2D eigenvalue weighted by molar-refractivity contribution is 0.0498. The summed E-state index contributed by atoms with van der Waals surface area (Å²) in [5.74, 6) is -0.608. The van der Waals surface area contributed by atoms with Crippen LogP contribution in [0.3, 0.4) is 0 Å². The van der Waals surface area contributed by atoms with Gasteiger partial charge >= 0.3 is 0 Å². The first-order valence-corrected chi connectivity index (χ1v) is 7.15. The Balaban J connectivity index is 1.65. The number of hydrogen-bond donors (Lipinski definition) is 1. The molecule has 1 aromatic carbocycles. The number of piperazine rings is 1. The third-order valence-corrected chi connectivity index (χ3v) is 4.23. The largest absolute Gasteiger partial charge is 0.336 e. The van der Waals surface area contributed by atoms with Crippen LogP contribution in [0.2, 0.25) is 0 Å². The van der Waals surface area contributed by atoms with Crippen LogP contribution in [0.25, 0.3) is 0 Å². The Hall–Kier alpha value is -1.46. The summed E-state index contributed by atoms with van der Waals surface area (Å²) in [6, 6.07) is 5.31. The summed E-state index contributed by atoms with van der Waals surface area (Å²) < 4.78 is 13.8. The number of nitrogens with one attached hydrogen (secondary N) is 1. The normalized spacial score (nSPS) is 20.8. The third kappa shape index (κ3) is 2.55. The molecule has 1 N–H and O–H groups in total. The van der Waals surface area contributed by atoms with Crippen LogP contribution in [-0.4, -0.2) is 61.0 Å². The smallest absolute Gasteiger partial charge is 0.256 e. The molecule has 0 bridgehead atoms. The molecule has 108 valence electrons. The molecule has 5 heteroatoms. The van der Waals surface area contributed by atoms with Gasteiger partial charge in [-0.3, -0.25) is 9.69 Å². The Bertz CT molecular complexity index is 508. The lowest BCUT2D eigenvalue weighted by Crippen LogP contribution is -2.62. The first-order valence-electron chi connectivity index (χ1n) is 7.15. The highest BCUT2D eigenvalue weighted by atomic mass is 19.1. The molecule has 0 unspecified atom stereocenters. The van der Waals surface area contributed by atoms with E-state index in [0.29, 0.717) is 19.1 Å². The number of benzene rings is 1. The van der Waals surface area contributed by atoms with E-state index < -0.39 is 5.82 Å². The summed E-state index contributed by atoms with van der Waals surface area (Å²) in [7, 11) is 0. The number of nitrogens with zero attached hydrogens (tertiary/aromatic N) is 2. The molecule has 0 aromatic heterocycles. The molecular formula is C15H20FN3O. The molecule has 0 atom stereocenters. The highest BCUT2D eigenvalue weighted by Gasteiger charge is 2.30. The van der Waals surface area contributed by atoms with Crippen molar-refractivity contribution in [1.29, 1.82) is 0 Å². The number of carbonyl (C=O) groups excluding carboxylic acids is 1. The van der Waals surface area contributed by atoms with E-state index in [2.05, 4.69) is 10.2 Å². The molecule has 4 nitrogen and oxygen atoms in total. The highest BCUT2D eigenvalue weighted by molar-refractivity contribution is 5.94. The summed E-state index contributed by atoms with van der Waals surface area (Å²) in [4.78, 5) is 16.6. The molecule has 1 amide bonds. The average Bonchev–Trinajstić information content (AvgIpc) is 2.40. The van der Waals surface area contributed by atoms with Gasteiger partial charge in [-0.15, -0.1) is 0 Å². The second-order valence-corrected chi connectivity index (χ2v) is 5.62. The lowest BCUT2D eigenvalue weighted by atomic mass is 10.1. The summed E-state index contributed by atoms with van der Waals surface area (Å²) in [6.45, 7) is 7.08. The van der Waals surface area contributed by atoms with Crippen LogP contribution < -0.4 is 5.32 Å². The second-order valence-electron chi connectivity index (χ2n) is 5.62. The number of hydrogen-bond acceptors (Lipinski definition) is 3. The van der Waals surface area contributed by atoms with Crippen molar-refractivity contribution in [3.8, 4) is 0 Å². The Labute approximate surface area is 118 Å². The van der Waals surface area contributed by atoms with Gasteiger partial charge in [0, 0.05) is 45.3 Å². The minimum absolute atomic E-state index is 0.183. The summed E-state index contributed by atoms with van der Waals surface area (Å²) in [6.07, 6.45) is 0. The van der Waals surface area contributed by atoms with E-state index >= 15 is 0 Å². The summed E-state index contributed by atoms with van der Waals surface area (Å²) in [5.41, 5.74) is 1.11.